The fourth-order valence-corrected chi connectivity index (χ4v) is 3.02. The van der Waals surface area contributed by atoms with Crippen molar-refractivity contribution in [3.63, 3.8) is 0 Å². The van der Waals surface area contributed by atoms with Gasteiger partial charge in [-0.2, -0.15) is 0 Å². The number of nitrogens with zero attached hydrogens (tertiary/aromatic N) is 2. The van der Waals surface area contributed by atoms with Crippen LogP contribution in [0.4, 0.5) is 5.69 Å². The molecular weight excluding hydrogens is 346 g/mol. The summed E-state index contributed by atoms with van der Waals surface area (Å²) in [7, 11) is 0. The summed E-state index contributed by atoms with van der Waals surface area (Å²) in [6.07, 6.45) is 1.84. The Morgan fingerprint density at radius 3 is 2.56 bits per heavy atom. The van der Waals surface area contributed by atoms with Crippen LogP contribution in [-0.2, 0) is 4.79 Å². The number of piperidine rings is 1. The van der Waals surface area contributed by atoms with E-state index in [1.807, 2.05) is 18.7 Å². The minimum absolute atomic E-state index is 0.0778. The number of rotatable bonds is 5. The standard InChI is InChI=1S/C17H22ClN3O4/c1-11(2)9-16(22)20-7-5-12(6-8-20)19-17(23)14-10-13(21(24)25)3-4-15(14)18/h3-4,10-12H,5-9H2,1-2H3,(H,19,23). The topological polar surface area (TPSA) is 92.6 Å². The highest BCUT2D eigenvalue weighted by Gasteiger charge is 2.25. The van der Waals surface area contributed by atoms with Crippen LogP contribution in [0.1, 0.15) is 43.5 Å². The monoisotopic (exact) mass is 367 g/mol. The summed E-state index contributed by atoms with van der Waals surface area (Å²) >= 11 is 5.99. The zero-order valence-electron chi connectivity index (χ0n) is 14.3. The summed E-state index contributed by atoms with van der Waals surface area (Å²) in [6, 6.07) is 3.71. The van der Waals surface area contributed by atoms with Crippen molar-refractivity contribution in [2.75, 3.05) is 13.1 Å². The predicted octanol–water partition coefficient (Wildman–Crippen LogP) is 3.02. The third-order valence-corrected chi connectivity index (χ3v) is 4.50. The number of non-ortho nitro benzene ring substituents is 1. The summed E-state index contributed by atoms with van der Waals surface area (Å²) in [5.74, 6) is 0.0306. The van der Waals surface area contributed by atoms with Crippen molar-refractivity contribution >= 4 is 29.1 Å². The molecule has 1 aromatic carbocycles. The molecule has 0 aromatic heterocycles. The molecule has 1 aromatic rings. The number of likely N-dealkylation sites (tertiary alicyclic amines) is 1. The average Bonchev–Trinajstić information content (AvgIpc) is 2.54. The number of carbonyl (C=O) groups is 2. The first-order valence-electron chi connectivity index (χ1n) is 8.30. The van der Waals surface area contributed by atoms with Crippen LogP contribution in [0.25, 0.3) is 0 Å². The van der Waals surface area contributed by atoms with Crippen molar-refractivity contribution in [3.8, 4) is 0 Å². The van der Waals surface area contributed by atoms with Gasteiger partial charge in [-0.25, -0.2) is 0 Å². The van der Waals surface area contributed by atoms with Gasteiger partial charge in [0.15, 0.2) is 0 Å². The molecule has 8 heteroatoms. The predicted molar refractivity (Wildman–Crippen MR) is 94.6 cm³/mol. The molecule has 0 atom stereocenters. The fraction of sp³-hybridized carbons (Fsp3) is 0.529. The van der Waals surface area contributed by atoms with E-state index in [1.165, 1.54) is 18.2 Å². The van der Waals surface area contributed by atoms with Gasteiger partial charge < -0.3 is 10.2 Å². The first-order valence-corrected chi connectivity index (χ1v) is 8.68. The molecule has 1 N–H and O–H groups in total. The van der Waals surface area contributed by atoms with Gasteiger partial charge in [-0.1, -0.05) is 25.4 Å². The summed E-state index contributed by atoms with van der Waals surface area (Å²) in [5.41, 5.74) is -0.0853. The van der Waals surface area contributed by atoms with Crippen molar-refractivity contribution in [3.05, 3.63) is 38.9 Å². The molecule has 7 nitrogen and oxygen atoms in total. The van der Waals surface area contributed by atoms with Gasteiger partial charge in [-0.05, 0) is 24.8 Å². The molecule has 2 amide bonds. The first-order chi connectivity index (χ1) is 11.8. The molecule has 1 saturated heterocycles. The van der Waals surface area contributed by atoms with E-state index in [0.717, 1.165) is 0 Å². The summed E-state index contributed by atoms with van der Waals surface area (Å²) < 4.78 is 0. The second kappa shape index (κ2) is 8.29. The van der Waals surface area contributed by atoms with Gasteiger partial charge in [0.2, 0.25) is 5.91 Å². The number of carbonyl (C=O) groups excluding carboxylic acids is 2. The Labute approximate surface area is 151 Å². The first kappa shape index (κ1) is 19.2. The van der Waals surface area contributed by atoms with Crippen molar-refractivity contribution < 1.29 is 14.5 Å². The lowest BCUT2D eigenvalue weighted by Gasteiger charge is -2.33. The highest BCUT2D eigenvalue weighted by Crippen LogP contribution is 2.23. The van der Waals surface area contributed by atoms with E-state index in [4.69, 9.17) is 11.6 Å². The zero-order chi connectivity index (χ0) is 18.6. The van der Waals surface area contributed by atoms with Crippen LogP contribution in [0.5, 0.6) is 0 Å². The lowest BCUT2D eigenvalue weighted by atomic mass is 10.0. The zero-order valence-corrected chi connectivity index (χ0v) is 15.1. The van der Waals surface area contributed by atoms with E-state index >= 15 is 0 Å². The molecule has 2 rings (SSSR count). The number of hydrogen-bond donors (Lipinski definition) is 1. The van der Waals surface area contributed by atoms with Gasteiger partial charge in [-0.3, -0.25) is 19.7 Å². The Morgan fingerprint density at radius 2 is 2.00 bits per heavy atom. The van der Waals surface area contributed by atoms with Gasteiger partial charge in [0.1, 0.15) is 0 Å². The van der Waals surface area contributed by atoms with E-state index in [9.17, 15) is 19.7 Å². The number of benzene rings is 1. The summed E-state index contributed by atoms with van der Waals surface area (Å²) in [4.78, 5) is 36.5. The number of amides is 2. The maximum absolute atomic E-state index is 12.4. The molecule has 136 valence electrons. The average molecular weight is 368 g/mol. The Morgan fingerprint density at radius 1 is 1.36 bits per heavy atom. The lowest BCUT2D eigenvalue weighted by Crippen LogP contribution is -2.46. The molecular formula is C17H22ClN3O4. The number of halogens is 1. The van der Waals surface area contributed by atoms with Crippen LogP contribution in [-0.4, -0.2) is 40.8 Å². The molecule has 0 unspecified atom stereocenters. The quantitative estimate of drug-likeness (QED) is 0.639. The maximum atomic E-state index is 12.4. The maximum Gasteiger partial charge on any atom is 0.270 e. The molecule has 1 fully saturated rings. The molecule has 25 heavy (non-hydrogen) atoms. The Balaban J connectivity index is 1.94. The highest BCUT2D eigenvalue weighted by molar-refractivity contribution is 6.33. The van der Waals surface area contributed by atoms with Crippen molar-refractivity contribution in [1.29, 1.82) is 0 Å². The molecule has 0 aliphatic carbocycles. The lowest BCUT2D eigenvalue weighted by molar-refractivity contribution is -0.384. The second-order valence-corrected chi connectivity index (χ2v) is 7.05. The van der Waals surface area contributed by atoms with E-state index in [-0.39, 0.29) is 28.2 Å². The van der Waals surface area contributed by atoms with Gasteiger partial charge in [0.25, 0.3) is 11.6 Å². The molecule has 1 aliphatic rings. The van der Waals surface area contributed by atoms with Crippen molar-refractivity contribution in [1.82, 2.24) is 10.2 Å². The number of nitro benzene ring substituents is 1. The molecule has 0 saturated carbocycles. The third kappa shape index (κ3) is 5.16. The fourth-order valence-electron chi connectivity index (χ4n) is 2.82. The van der Waals surface area contributed by atoms with Gasteiger partial charge in [-0.15, -0.1) is 0 Å². The highest BCUT2D eigenvalue weighted by atomic mass is 35.5. The Bertz CT molecular complexity index is 670. The van der Waals surface area contributed by atoms with Crippen molar-refractivity contribution in [2.24, 2.45) is 5.92 Å². The SMILES string of the molecule is CC(C)CC(=O)N1CCC(NC(=O)c2cc([N+](=O)[O-])ccc2Cl)CC1. The van der Waals surface area contributed by atoms with Crippen LogP contribution in [0, 0.1) is 16.0 Å². The summed E-state index contributed by atoms with van der Waals surface area (Å²) in [6.45, 7) is 5.21. The van der Waals surface area contributed by atoms with E-state index < -0.39 is 10.8 Å². The van der Waals surface area contributed by atoms with E-state index in [2.05, 4.69) is 5.32 Å². The third-order valence-electron chi connectivity index (χ3n) is 4.17. The molecule has 1 aliphatic heterocycles. The van der Waals surface area contributed by atoms with Crippen LogP contribution < -0.4 is 5.32 Å². The minimum atomic E-state index is -0.564. The number of nitro groups is 1. The van der Waals surface area contributed by atoms with E-state index in [0.29, 0.717) is 38.3 Å². The van der Waals surface area contributed by atoms with Crippen LogP contribution in [0.2, 0.25) is 5.02 Å². The number of nitrogens with one attached hydrogen (secondary N) is 1. The Kier molecular flexibility index (Phi) is 6.36. The largest absolute Gasteiger partial charge is 0.349 e. The minimum Gasteiger partial charge on any atom is -0.349 e. The smallest absolute Gasteiger partial charge is 0.270 e. The molecule has 0 radical (unpaired) electrons. The van der Waals surface area contributed by atoms with Gasteiger partial charge in [0.05, 0.1) is 15.5 Å². The molecule has 0 bridgehead atoms. The normalized spacial score (nSPS) is 15.3. The van der Waals surface area contributed by atoms with Gasteiger partial charge in [0, 0.05) is 37.7 Å². The summed E-state index contributed by atoms with van der Waals surface area (Å²) in [5, 5.41) is 13.9. The van der Waals surface area contributed by atoms with Crippen molar-refractivity contribution in [2.45, 2.75) is 39.2 Å². The van der Waals surface area contributed by atoms with Crippen LogP contribution >= 0.6 is 11.6 Å². The van der Waals surface area contributed by atoms with Gasteiger partial charge >= 0.3 is 0 Å². The van der Waals surface area contributed by atoms with Crippen LogP contribution in [0.3, 0.4) is 0 Å². The second-order valence-electron chi connectivity index (χ2n) is 6.65. The molecule has 1 heterocycles. The van der Waals surface area contributed by atoms with E-state index in [1.54, 1.807) is 0 Å². The Hall–Kier alpha value is -2.15. The molecule has 0 spiro atoms. The number of hydrogen-bond acceptors (Lipinski definition) is 4. The van der Waals surface area contributed by atoms with Crippen LogP contribution in [0.15, 0.2) is 18.2 Å².